The van der Waals surface area contributed by atoms with E-state index in [1.807, 2.05) is 0 Å². The molecular formula is C4H3F3. The molecule has 0 saturated heterocycles. The van der Waals surface area contributed by atoms with Gasteiger partial charge in [-0.15, -0.1) is 0 Å². The van der Waals surface area contributed by atoms with E-state index in [2.05, 4.69) is 0 Å². The summed E-state index contributed by atoms with van der Waals surface area (Å²) >= 11 is 0. The first-order valence-corrected chi connectivity index (χ1v) is 2.16. The lowest BCUT2D eigenvalue weighted by atomic mass is 10.4. The highest BCUT2D eigenvalue weighted by molar-refractivity contribution is 5.38. The molecule has 40 valence electrons. The Morgan fingerprint density at radius 3 is 1.43 bits per heavy atom. The Morgan fingerprint density at radius 2 is 1.43 bits per heavy atom. The zero-order valence-corrected chi connectivity index (χ0v) is 3.37. The van der Waals surface area contributed by atoms with Crippen LogP contribution in [0.1, 0.15) is 0 Å². The first kappa shape index (κ1) is 3.75. The SMILES string of the molecule is FC1C2C(F)C12F. The largest absolute Gasteiger partial charge is 0.243 e. The van der Waals surface area contributed by atoms with Crippen LogP contribution in [0.4, 0.5) is 13.2 Å². The Kier molecular flexibility index (Phi) is 0.325. The second-order valence-corrected chi connectivity index (χ2v) is 2.16. The molecule has 2 fully saturated rings. The molecule has 0 bridgehead atoms. The van der Waals surface area contributed by atoms with E-state index in [0.29, 0.717) is 0 Å². The normalized spacial score (nSPS) is 75.0. The molecule has 2 atom stereocenters. The molecule has 2 aliphatic carbocycles. The van der Waals surface area contributed by atoms with Crippen molar-refractivity contribution in [1.29, 1.82) is 0 Å². The third kappa shape index (κ3) is 0.175. The van der Waals surface area contributed by atoms with Crippen molar-refractivity contribution in [3.05, 3.63) is 0 Å². The summed E-state index contributed by atoms with van der Waals surface area (Å²) in [7, 11) is 0. The molecule has 3 heteroatoms. The van der Waals surface area contributed by atoms with Gasteiger partial charge in [-0.2, -0.15) is 0 Å². The number of hydrogen-bond donors (Lipinski definition) is 0. The van der Waals surface area contributed by atoms with Gasteiger partial charge in [0.25, 0.3) is 0 Å². The van der Waals surface area contributed by atoms with Gasteiger partial charge in [0.1, 0.15) is 12.3 Å². The van der Waals surface area contributed by atoms with Crippen molar-refractivity contribution in [3.8, 4) is 0 Å². The van der Waals surface area contributed by atoms with Crippen molar-refractivity contribution < 1.29 is 13.2 Å². The lowest BCUT2D eigenvalue weighted by molar-refractivity contribution is 0.176. The topological polar surface area (TPSA) is 0 Å². The quantitative estimate of drug-likeness (QED) is 0.434. The molecule has 0 aliphatic heterocycles. The molecule has 2 unspecified atom stereocenters. The molecule has 0 aromatic carbocycles. The summed E-state index contributed by atoms with van der Waals surface area (Å²) in [4.78, 5) is 0. The fraction of sp³-hybridized carbons (Fsp3) is 1.00. The Labute approximate surface area is 38.3 Å². The number of hydrogen-bond acceptors (Lipinski definition) is 0. The van der Waals surface area contributed by atoms with Crippen LogP contribution in [-0.2, 0) is 0 Å². The van der Waals surface area contributed by atoms with E-state index < -0.39 is 23.9 Å². The van der Waals surface area contributed by atoms with E-state index in [1.165, 1.54) is 0 Å². The molecule has 2 saturated carbocycles. The first-order chi connectivity index (χ1) is 3.19. The van der Waals surface area contributed by atoms with Crippen molar-refractivity contribution >= 4 is 0 Å². The van der Waals surface area contributed by atoms with E-state index in [0.717, 1.165) is 0 Å². The van der Waals surface area contributed by atoms with Gasteiger partial charge in [0.2, 0.25) is 0 Å². The standard InChI is InChI=1S/C4H3F3/c5-2-1-3(6)4(1,2)7/h1-3H. The fourth-order valence-corrected chi connectivity index (χ4v) is 0.902. The lowest BCUT2D eigenvalue weighted by Gasteiger charge is -1.93. The maximum absolute atomic E-state index is 11.9. The summed E-state index contributed by atoms with van der Waals surface area (Å²) in [5.74, 6) is -0.868. The van der Waals surface area contributed by atoms with E-state index in [1.54, 1.807) is 0 Å². The van der Waals surface area contributed by atoms with Gasteiger partial charge in [0, 0.05) is 0 Å². The van der Waals surface area contributed by atoms with Crippen molar-refractivity contribution in [2.75, 3.05) is 0 Å². The molecule has 2 rings (SSSR count). The number of rotatable bonds is 0. The van der Waals surface area contributed by atoms with Gasteiger partial charge in [-0.05, 0) is 0 Å². The van der Waals surface area contributed by atoms with Crippen molar-refractivity contribution in [3.63, 3.8) is 0 Å². The zero-order chi connectivity index (χ0) is 5.23. The highest BCUT2D eigenvalue weighted by atomic mass is 19.2. The minimum Gasteiger partial charge on any atom is -0.243 e. The van der Waals surface area contributed by atoms with Crippen LogP contribution in [0.25, 0.3) is 0 Å². The Bertz CT molecular complexity index is 112. The van der Waals surface area contributed by atoms with Crippen LogP contribution in [0.2, 0.25) is 0 Å². The summed E-state index contributed by atoms with van der Waals surface area (Å²) in [6.45, 7) is 0. The smallest absolute Gasteiger partial charge is 0.182 e. The molecule has 0 radical (unpaired) electrons. The van der Waals surface area contributed by atoms with E-state index >= 15 is 0 Å². The Hall–Kier alpha value is -0.210. The Morgan fingerprint density at radius 1 is 1.14 bits per heavy atom. The molecule has 0 heterocycles. The molecular weight excluding hydrogens is 105 g/mol. The molecule has 0 nitrogen and oxygen atoms in total. The minimum atomic E-state index is -2.00. The fourth-order valence-electron chi connectivity index (χ4n) is 0.902. The summed E-state index contributed by atoms with van der Waals surface area (Å²) in [5, 5.41) is 0. The van der Waals surface area contributed by atoms with Gasteiger partial charge in [0.15, 0.2) is 5.67 Å². The summed E-state index contributed by atoms with van der Waals surface area (Å²) in [5.41, 5.74) is -2.00. The van der Waals surface area contributed by atoms with Crippen LogP contribution in [0, 0.1) is 5.92 Å². The van der Waals surface area contributed by atoms with Gasteiger partial charge in [-0.25, -0.2) is 13.2 Å². The predicted octanol–water partition coefficient (Wildman–Crippen LogP) is 1.01. The average Bonchev–Trinajstić information content (AvgIpc) is 2.31. The number of fused-ring (bicyclic) bond motifs is 1. The van der Waals surface area contributed by atoms with E-state index in [-0.39, 0.29) is 0 Å². The van der Waals surface area contributed by atoms with Gasteiger partial charge in [-0.1, -0.05) is 0 Å². The van der Waals surface area contributed by atoms with Crippen molar-refractivity contribution in [2.24, 2.45) is 5.92 Å². The average molecular weight is 108 g/mol. The van der Waals surface area contributed by atoms with Crippen LogP contribution < -0.4 is 0 Å². The third-order valence-corrected chi connectivity index (χ3v) is 1.77. The van der Waals surface area contributed by atoms with Gasteiger partial charge >= 0.3 is 0 Å². The Balaban J connectivity index is 2.17. The van der Waals surface area contributed by atoms with Crippen LogP contribution in [0.3, 0.4) is 0 Å². The second-order valence-electron chi connectivity index (χ2n) is 2.16. The number of halogens is 3. The van der Waals surface area contributed by atoms with E-state index in [4.69, 9.17) is 0 Å². The molecule has 0 spiro atoms. The zero-order valence-electron chi connectivity index (χ0n) is 3.37. The molecule has 0 aromatic heterocycles. The summed E-state index contributed by atoms with van der Waals surface area (Å²) < 4.78 is 35.1. The maximum Gasteiger partial charge on any atom is 0.182 e. The van der Waals surface area contributed by atoms with Gasteiger partial charge in [0.05, 0.1) is 5.92 Å². The summed E-state index contributed by atoms with van der Waals surface area (Å²) in [6.07, 6.45) is -2.94. The lowest BCUT2D eigenvalue weighted by Crippen LogP contribution is -2.09. The van der Waals surface area contributed by atoms with Gasteiger partial charge < -0.3 is 0 Å². The van der Waals surface area contributed by atoms with Crippen LogP contribution in [-0.4, -0.2) is 18.0 Å². The van der Waals surface area contributed by atoms with Crippen molar-refractivity contribution in [2.45, 2.75) is 18.0 Å². The molecule has 0 N–H and O–H groups in total. The summed E-state index contributed by atoms with van der Waals surface area (Å²) in [6, 6.07) is 0. The molecule has 0 amide bonds. The van der Waals surface area contributed by atoms with E-state index in [9.17, 15) is 13.2 Å². The first-order valence-electron chi connectivity index (χ1n) is 2.16. The van der Waals surface area contributed by atoms with Crippen LogP contribution in [0.5, 0.6) is 0 Å². The van der Waals surface area contributed by atoms with Crippen LogP contribution >= 0.6 is 0 Å². The third-order valence-electron chi connectivity index (χ3n) is 1.77. The van der Waals surface area contributed by atoms with Crippen LogP contribution in [0.15, 0.2) is 0 Å². The van der Waals surface area contributed by atoms with Gasteiger partial charge in [-0.3, -0.25) is 0 Å². The minimum absolute atomic E-state index is 0.868. The monoisotopic (exact) mass is 108 g/mol. The maximum atomic E-state index is 11.9. The van der Waals surface area contributed by atoms with Crippen molar-refractivity contribution in [1.82, 2.24) is 0 Å². The molecule has 7 heavy (non-hydrogen) atoms. The molecule has 0 aromatic rings. The highest BCUT2D eigenvalue weighted by Crippen LogP contribution is 2.72. The predicted molar refractivity (Wildman–Crippen MR) is 17.1 cm³/mol. The second kappa shape index (κ2) is 0.607. The molecule has 2 aliphatic rings. The highest BCUT2D eigenvalue weighted by Gasteiger charge is 2.92. The number of alkyl halides is 3.